The average Bonchev–Trinajstić information content (AvgIpc) is 2.91. The summed E-state index contributed by atoms with van der Waals surface area (Å²) in [7, 11) is 0. The molecule has 2 fully saturated rings. The van der Waals surface area contributed by atoms with Gasteiger partial charge in [0.05, 0.1) is 11.5 Å². The Morgan fingerprint density at radius 2 is 2.08 bits per heavy atom. The Kier molecular flexibility index (Phi) is 5.34. The minimum Gasteiger partial charge on any atom is -0.491 e. The van der Waals surface area contributed by atoms with Crippen molar-refractivity contribution in [1.29, 1.82) is 0 Å². The Hall–Kier alpha value is -1.99. The van der Waals surface area contributed by atoms with Gasteiger partial charge in [-0.2, -0.15) is 0 Å². The SMILES string of the molecule is CC1(COc2ccc(/C=C3\SC(=O)NC3=O)cc2NO)CCCCC1. The van der Waals surface area contributed by atoms with Crippen LogP contribution in [0.4, 0.5) is 10.5 Å². The highest BCUT2D eigenvalue weighted by atomic mass is 32.2. The lowest BCUT2D eigenvalue weighted by atomic mass is 9.76. The molecule has 6 nitrogen and oxygen atoms in total. The molecular formula is C18H22N2O4S. The van der Waals surface area contributed by atoms with Crippen LogP contribution in [0.1, 0.15) is 44.6 Å². The first-order chi connectivity index (χ1) is 12.0. The number of nitrogens with one attached hydrogen (secondary N) is 2. The average molecular weight is 362 g/mol. The van der Waals surface area contributed by atoms with E-state index in [4.69, 9.17) is 4.74 Å². The Balaban J connectivity index is 1.72. The number of amides is 2. The predicted octanol–water partition coefficient (Wildman–Crippen LogP) is 4.16. The minimum absolute atomic E-state index is 0.171. The molecule has 7 heteroatoms. The van der Waals surface area contributed by atoms with Crippen molar-refractivity contribution in [2.45, 2.75) is 39.0 Å². The summed E-state index contributed by atoms with van der Waals surface area (Å²) in [5.74, 6) is 0.162. The van der Waals surface area contributed by atoms with Gasteiger partial charge in [-0.3, -0.25) is 25.6 Å². The molecule has 0 atom stereocenters. The van der Waals surface area contributed by atoms with Gasteiger partial charge in [0.1, 0.15) is 11.4 Å². The summed E-state index contributed by atoms with van der Waals surface area (Å²) in [6, 6.07) is 5.24. The number of hydrogen-bond donors (Lipinski definition) is 3. The Bertz CT molecular complexity index is 711. The van der Waals surface area contributed by atoms with E-state index in [2.05, 4.69) is 17.7 Å². The van der Waals surface area contributed by atoms with Gasteiger partial charge in [0, 0.05) is 5.41 Å². The highest BCUT2D eigenvalue weighted by molar-refractivity contribution is 8.18. The van der Waals surface area contributed by atoms with E-state index >= 15 is 0 Å². The first kappa shape index (κ1) is 17.8. The maximum Gasteiger partial charge on any atom is 0.290 e. The highest BCUT2D eigenvalue weighted by Gasteiger charge is 2.28. The van der Waals surface area contributed by atoms with Crippen LogP contribution in [0.2, 0.25) is 0 Å². The second kappa shape index (κ2) is 7.49. The van der Waals surface area contributed by atoms with Crippen molar-refractivity contribution in [2.24, 2.45) is 5.41 Å². The van der Waals surface area contributed by atoms with Crippen LogP contribution in [0.3, 0.4) is 0 Å². The number of thioether (sulfide) groups is 1. The first-order valence-corrected chi connectivity index (χ1v) is 9.23. The zero-order chi connectivity index (χ0) is 17.9. The molecule has 1 aromatic carbocycles. The Morgan fingerprint density at radius 1 is 1.32 bits per heavy atom. The quantitative estimate of drug-likeness (QED) is 0.538. The summed E-state index contributed by atoms with van der Waals surface area (Å²) in [4.78, 5) is 23.2. The normalized spacial score (nSPS) is 21.3. The number of hydrogen-bond acceptors (Lipinski definition) is 6. The van der Waals surface area contributed by atoms with E-state index in [1.165, 1.54) is 19.3 Å². The van der Waals surface area contributed by atoms with Crippen LogP contribution in [0.25, 0.3) is 6.08 Å². The summed E-state index contributed by atoms with van der Waals surface area (Å²) in [6.07, 6.45) is 7.67. The molecule has 2 amide bonds. The summed E-state index contributed by atoms with van der Waals surface area (Å²) >= 11 is 0.862. The van der Waals surface area contributed by atoms with E-state index in [-0.39, 0.29) is 10.7 Å². The predicted molar refractivity (Wildman–Crippen MR) is 97.6 cm³/mol. The second-order valence-electron chi connectivity index (χ2n) is 6.88. The molecule has 0 radical (unpaired) electrons. The fourth-order valence-corrected chi connectivity index (χ4v) is 3.91. The Labute approximate surface area is 151 Å². The van der Waals surface area contributed by atoms with Gasteiger partial charge in [-0.05, 0) is 48.4 Å². The van der Waals surface area contributed by atoms with Crippen LogP contribution in [0, 0.1) is 5.41 Å². The van der Waals surface area contributed by atoms with Crippen LogP contribution in [-0.2, 0) is 4.79 Å². The van der Waals surface area contributed by atoms with E-state index in [0.717, 1.165) is 24.6 Å². The summed E-state index contributed by atoms with van der Waals surface area (Å²) in [5, 5.41) is 11.2. The van der Waals surface area contributed by atoms with Gasteiger partial charge in [0.15, 0.2) is 0 Å². The molecule has 3 rings (SSSR count). The van der Waals surface area contributed by atoms with Crippen molar-refractivity contribution in [3.05, 3.63) is 28.7 Å². The molecule has 0 spiro atoms. The number of anilines is 1. The van der Waals surface area contributed by atoms with Gasteiger partial charge in [-0.1, -0.05) is 32.3 Å². The molecule has 0 unspecified atom stereocenters. The number of imide groups is 1. The standard InChI is InChI=1S/C18H22N2O4S/c1-18(7-3-2-4-8-18)11-24-14-6-5-12(9-13(14)20-23)10-15-16(21)19-17(22)25-15/h5-6,9-10,20,23H,2-4,7-8,11H2,1H3,(H,19,21,22)/b15-10-. The van der Waals surface area contributed by atoms with Gasteiger partial charge in [-0.25, -0.2) is 0 Å². The third-order valence-corrected chi connectivity index (χ3v) is 5.51. The van der Waals surface area contributed by atoms with Crippen LogP contribution >= 0.6 is 11.8 Å². The minimum atomic E-state index is -0.404. The zero-order valence-electron chi connectivity index (χ0n) is 14.1. The second-order valence-corrected chi connectivity index (χ2v) is 7.89. The lowest BCUT2D eigenvalue weighted by molar-refractivity contribution is -0.115. The monoisotopic (exact) mass is 362 g/mol. The van der Waals surface area contributed by atoms with Crippen LogP contribution in [-0.4, -0.2) is 23.0 Å². The van der Waals surface area contributed by atoms with Gasteiger partial charge in [0.2, 0.25) is 0 Å². The van der Waals surface area contributed by atoms with Crippen molar-refractivity contribution in [3.63, 3.8) is 0 Å². The number of rotatable bonds is 5. The number of carbonyl (C=O) groups excluding carboxylic acids is 2. The molecule has 134 valence electrons. The smallest absolute Gasteiger partial charge is 0.290 e. The van der Waals surface area contributed by atoms with E-state index in [0.29, 0.717) is 28.5 Å². The third-order valence-electron chi connectivity index (χ3n) is 4.70. The van der Waals surface area contributed by atoms with E-state index < -0.39 is 5.91 Å². The van der Waals surface area contributed by atoms with Crippen LogP contribution < -0.4 is 15.5 Å². The third kappa shape index (κ3) is 4.35. The van der Waals surface area contributed by atoms with E-state index in [9.17, 15) is 14.8 Å². The maximum absolute atomic E-state index is 11.6. The molecule has 1 saturated carbocycles. The number of benzene rings is 1. The van der Waals surface area contributed by atoms with Crippen LogP contribution in [0.15, 0.2) is 23.1 Å². The highest BCUT2D eigenvalue weighted by Crippen LogP contribution is 2.37. The molecule has 0 aromatic heterocycles. The fourth-order valence-electron chi connectivity index (χ4n) is 3.22. The van der Waals surface area contributed by atoms with E-state index in [1.807, 2.05) is 0 Å². The Morgan fingerprint density at radius 3 is 2.72 bits per heavy atom. The lowest BCUT2D eigenvalue weighted by Gasteiger charge is -2.33. The first-order valence-electron chi connectivity index (χ1n) is 8.41. The molecule has 1 aromatic rings. The lowest BCUT2D eigenvalue weighted by Crippen LogP contribution is -2.27. The van der Waals surface area contributed by atoms with Gasteiger partial charge >= 0.3 is 0 Å². The topological polar surface area (TPSA) is 87.7 Å². The molecule has 25 heavy (non-hydrogen) atoms. The molecule has 1 heterocycles. The van der Waals surface area contributed by atoms with Crippen molar-refractivity contribution >= 4 is 34.7 Å². The van der Waals surface area contributed by atoms with Crippen molar-refractivity contribution in [3.8, 4) is 5.75 Å². The molecule has 3 N–H and O–H groups in total. The largest absolute Gasteiger partial charge is 0.491 e. The number of carbonyl (C=O) groups is 2. The fraction of sp³-hybridized carbons (Fsp3) is 0.444. The molecule has 1 saturated heterocycles. The molecular weight excluding hydrogens is 340 g/mol. The van der Waals surface area contributed by atoms with Crippen LogP contribution in [0.5, 0.6) is 5.75 Å². The summed E-state index contributed by atoms with van der Waals surface area (Å²) < 4.78 is 5.95. The van der Waals surface area contributed by atoms with Crippen molar-refractivity contribution < 1.29 is 19.5 Å². The van der Waals surface area contributed by atoms with E-state index in [1.54, 1.807) is 24.3 Å². The molecule has 2 aliphatic rings. The van der Waals surface area contributed by atoms with Gasteiger partial charge in [-0.15, -0.1) is 0 Å². The summed E-state index contributed by atoms with van der Waals surface area (Å²) in [5.41, 5.74) is 3.45. The zero-order valence-corrected chi connectivity index (χ0v) is 14.9. The van der Waals surface area contributed by atoms with Crippen molar-refractivity contribution in [1.82, 2.24) is 5.32 Å². The van der Waals surface area contributed by atoms with Gasteiger partial charge in [0.25, 0.3) is 11.1 Å². The van der Waals surface area contributed by atoms with Gasteiger partial charge < -0.3 is 4.74 Å². The molecule has 1 aliphatic heterocycles. The number of ether oxygens (including phenoxy) is 1. The molecule has 1 aliphatic carbocycles. The molecule has 0 bridgehead atoms. The van der Waals surface area contributed by atoms with Crippen molar-refractivity contribution in [2.75, 3.05) is 12.1 Å². The summed E-state index contributed by atoms with van der Waals surface area (Å²) in [6.45, 7) is 2.85. The maximum atomic E-state index is 11.6.